The lowest BCUT2D eigenvalue weighted by atomic mass is 10.2. The SMILES string of the molecule is O=C(CSc1nc2ccccc2n1Cc1ccccc1)NN=Cc1cccc(F)c1. The van der Waals surface area contributed by atoms with Crippen LogP contribution in [0, 0.1) is 5.82 Å². The third-order valence-electron chi connectivity index (χ3n) is 4.39. The quantitative estimate of drug-likeness (QED) is 0.274. The van der Waals surface area contributed by atoms with Gasteiger partial charge in [-0.1, -0.05) is 66.4 Å². The van der Waals surface area contributed by atoms with E-state index in [1.165, 1.54) is 30.1 Å². The maximum atomic E-state index is 13.2. The van der Waals surface area contributed by atoms with Crippen molar-refractivity contribution >= 4 is 34.9 Å². The summed E-state index contributed by atoms with van der Waals surface area (Å²) < 4.78 is 15.3. The maximum Gasteiger partial charge on any atom is 0.250 e. The zero-order valence-electron chi connectivity index (χ0n) is 16.0. The Labute approximate surface area is 177 Å². The lowest BCUT2D eigenvalue weighted by Gasteiger charge is -2.09. The number of rotatable bonds is 7. The molecule has 3 aromatic carbocycles. The van der Waals surface area contributed by atoms with Crippen molar-refractivity contribution in [3.8, 4) is 0 Å². The molecule has 0 bridgehead atoms. The van der Waals surface area contributed by atoms with Gasteiger partial charge in [0.2, 0.25) is 0 Å². The Morgan fingerprint density at radius 3 is 2.70 bits per heavy atom. The molecule has 0 atom stereocenters. The highest BCUT2D eigenvalue weighted by Gasteiger charge is 2.13. The summed E-state index contributed by atoms with van der Waals surface area (Å²) in [6.45, 7) is 0.670. The zero-order valence-corrected chi connectivity index (χ0v) is 16.8. The molecule has 1 heterocycles. The molecule has 7 heteroatoms. The summed E-state index contributed by atoms with van der Waals surface area (Å²) in [6, 6.07) is 24.0. The van der Waals surface area contributed by atoms with Gasteiger partial charge in [-0.25, -0.2) is 14.8 Å². The van der Waals surface area contributed by atoms with Crippen molar-refractivity contribution in [1.82, 2.24) is 15.0 Å². The van der Waals surface area contributed by atoms with Crippen molar-refractivity contribution in [3.05, 3.63) is 95.8 Å². The topological polar surface area (TPSA) is 59.3 Å². The second-order valence-electron chi connectivity index (χ2n) is 6.59. The number of thioether (sulfide) groups is 1. The molecule has 0 radical (unpaired) electrons. The molecule has 1 amide bonds. The Morgan fingerprint density at radius 1 is 1.07 bits per heavy atom. The lowest BCUT2D eigenvalue weighted by molar-refractivity contribution is -0.118. The van der Waals surface area contributed by atoms with Gasteiger partial charge in [0.1, 0.15) is 5.82 Å². The van der Waals surface area contributed by atoms with Crippen LogP contribution >= 0.6 is 11.8 Å². The third-order valence-corrected chi connectivity index (χ3v) is 5.36. The molecule has 0 aliphatic rings. The second kappa shape index (κ2) is 9.37. The van der Waals surface area contributed by atoms with Crippen LogP contribution < -0.4 is 5.43 Å². The number of aromatic nitrogens is 2. The van der Waals surface area contributed by atoms with Crippen LogP contribution in [0.15, 0.2) is 89.1 Å². The number of hydrogen-bond donors (Lipinski definition) is 1. The molecular formula is C23H19FN4OS. The number of nitrogens with one attached hydrogen (secondary N) is 1. The van der Waals surface area contributed by atoms with Crippen LogP contribution in [0.25, 0.3) is 11.0 Å². The van der Waals surface area contributed by atoms with Crippen molar-refractivity contribution in [3.63, 3.8) is 0 Å². The number of carbonyl (C=O) groups is 1. The predicted molar refractivity (Wildman–Crippen MR) is 118 cm³/mol. The highest BCUT2D eigenvalue weighted by Crippen LogP contribution is 2.25. The Balaban J connectivity index is 1.44. The number of imidazole rings is 1. The summed E-state index contributed by atoms with van der Waals surface area (Å²) in [7, 11) is 0. The molecule has 0 saturated carbocycles. The Morgan fingerprint density at radius 2 is 1.87 bits per heavy atom. The standard InChI is InChI=1S/C23H19FN4OS/c24-19-10-6-9-18(13-19)14-25-27-22(29)16-30-23-26-20-11-4-5-12-21(20)28(23)15-17-7-2-1-3-8-17/h1-14H,15-16H2,(H,27,29). The fourth-order valence-electron chi connectivity index (χ4n) is 3.01. The highest BCUT2D eigenvalue weighted by molar-refractivity contribution is 7.99. The number of hydrogen-bond acceptors (Lipinski definition) is 4. The molecule has 150 valence electrons. The first-order valence-corrected chi connectivity index (χ1v) is 10.4. The molecular weight excluding hydrogens is 399 g/mol. The Bertz CT molecular complexity index is 1190. The minimum Gasteiger partial charge on any atom is -0.314 e. The largest absolute Gasteiger partial charge is 0.314 e. The summed E-state index contributed by atoms with van der Waals surface area (Å²) in [5, 5.41) is 4.66. The van der Waals surface area contributed by atoms with Crippen LogP contribution in [0.5, 0.6) is 0 Å². The minimum absolute atomic E-state index is 0.165. The van der Waals surface area contributed by atoms with E-state index in [9.17, 15) is 9.18 Å². The summed E-state index contributed by atoms with van der Waals surface area (Å²) >= 11 is 1.35. The number of halogens is 1. The van der Waals surface area contributed by atoms with Crippen molar-refractivity contribution in [1.29, 1.82) is 0 Å². The van der Waals surface area contributed by atoms with Gasteiger partial charge < -0.3 is 4.57 Å². The van der Waals surface area contributed by atoms with E-state index >= 15 is 0 Å². The monoisotopic (exact) mass is 418 g/mol. The first-order valence-electron chi connectivity index (χ1n) is 9.38. The highest BCUT2D eigenvalue weighted by atomic mass is 32.2. The van der Waals surface area contributed by atoms with Crippen molar-refractivity contribution in [2.45, 2.75) is 11.7 Å². The van der Waals surface area contributed by atoms with Crippen molar-refractivity contribution in [2.24, 2.45) is 5.10 Å². The number of benzene rings is 3. The van der Waals surface area contributed by atoms with E-state index in [1.807, 2.05) is 42.5 Å². The molecule has 1 N–H and O–H groups in total. The van der Waals surface area contributed by atoms with Gasteiger partial charge in [-0.2, -0.15) is 5.10 Å². The Kier molecular flexibility index (Phi) is 6.20. The summed E-state index contributed by atoms with van der Waals surface area (Å²) in [5.41, 5.74) is 6.12. The molecule has 5 nitrogen and oxygen atoms in total. The maximum absolute atomic E-state index is 13.2. The van der Waals surface area contributed by atoms with Crippen LogP contribution in [-0.4, -0.2) is 27.4 Å². The first kappa shape index (κ1) is 19.8. The Hall–Kier alpha value is -3.45. The van der Waals surface area contributed by atoms with E-state index in [2.05, 4.69) is 32.2 Å². The van der Waals surface area contributed by atoms with Gasteiger partial charge in [-0.05, 0) is 35.4 Å². The van der Waals surface area contributed by atoms with Crippen molar-refractivity contribution < 1.29 is 9.18 Å². The smallest absolute Gasteiger partial charge is 0.250 e. The van der Waals surface area contributed by atoms with Gasteiger partial charge in [0.15, 0.2) is 5.16 Å². The zero-order chi connectivity index (χ0) is 20.8. The first-order chi connectivity index (χ1) is 14.7. The van der Waals surface area contributed by atoms with Gasteiger partial charge >= 0.3 is 0 Å². The van der Waals surface area contributed by atoms with Gasteiger partial charge in [0.25, 0.3) is 5.91 Å². The lowest BCUT2D eigenvalue weighted by Crippen LogP contribution is -2.20. The number of hydrazone groups is 1. The normalized spacial score (nSPS) is 11.2. The second-order valence-corrected chi connectivity index (χ2v) is 7.53. The van der Waals surface area contributed by atoms with Gasteiger partial charge in [0, 0.05) is 0 Å². The third kappa shape index (κ3) is 4.93. The van der Waals surface area contributed by atoms with E-state index in [-0.39, 0.29) is 17.5 Å². The van der Waals surface area contributed by atoms with E-state index in [0.29, 0.717) is 12.1 Å². The number of carbonyl (C=O) groups excluding carboxylic acids is 1. The van der Waals surface area contributed by atoms with Crippen LogP contribution in [0.4, 0.5) is 4.39 Å². The van der Waals surface area contributed by atoms with Gasteiger partial charge in [-0.3, -0.25) is 4.79 Å². The van der Waals surface area contributed by atoms with Crippen molar-refractivity contribution in [2.75, 3.05) is 5.75 Å². The van der Waals surface area contributed by atoms with Gasteiger partial charge in [-0.15, -0.1) is 0 Å². The minimum atomic E-state index is -0.349. The molecule has 0 aliphatic carbocycles. The molecule has 0 spiro atoms. The molecule has 30 heavy (non-hydrogen) atoms. The predicted octanol–water partition coefficient (Wildman–Crippen LogP) is 4.47. The number of fused-ring (bicyclic) bond motifs is 1. The number of nitrogens with zero attached hydrogens (tertiary/aromatic N) is 3. The molecule has 0 fully saturated rings. The average Bonchev–Trinajstić information content (AvgIpc) is 3.10. The van der Waals surface area contributed by atoms with Crippen LogP contribution in [-0.2, 0) is 11.3 Å². The molecule has 4 rings (SSSR count). The fraction of sp³-hybridized carbons (Fsp3) is 0.0870. The summed E-state index contributed by atoms with van der Waals surface area (Å²) in [4.78, 5) is 16.9. The average molecular weight is 418 g/mol. The van der Waals surface area contributed by atoms with E-state index in [4.69, 9.17) is 0 Å². The van der Waals surface area contributed by atoms with E-state index < -0.39 is 0 Å². The number of para-hydroxylation sites is 2. The number of amides is 1. The molecule has 0 saturated heterocycles. The fourth-order valence-corrected chi connectivity index (χ4v) is 3.82. The van der Waals surface area contributed by atoms with Crippen LogP contribution in [0.1, 0.15) is 11.1 Å². The van der Waals surface area contributed by atoms with E-state index in [1.54, 1.807) is 12.1 Å². The van der Waals surface area contributed by atoms with Gasteiger partial charge in [0.05, 0.1) is 29.5 Å². The van der Waals surface area contributed by atoms with E-state index in [0.717, 1.165) is 21.8 Å². The summed E-state index contributed by atoms with van der Waals surface area (Å²) in [5.74, 6) is -0.442. The molecule has 0 unspecified atom stereocenters. The molecule has 1 aromatic heterocycles. The molecule has 4 aromatic rings. The van der Waals surface area contributed by atoms with Crippen LogP contribution in [0.2, 0.25) is 0 Å². The van der Waals surface area contributed by atoms with Crippen LogP contribution in [0.3, 0.4) is 0 Å². The molecule has 0 aliphatic heterocycles. The summed E-state index contributed by atoms with van der Waals surface area (Å²) in [6.07, 6.45) is 1.41.